The molecule has 2 rings (SSSR count). The summed E-state index contributed by atoms with van der Waals surface area (Å²) < 4.78 is 0.108. The summed E-state index contributed by atoms with van der Waals surface area (Å²) in [6.07, 6.45) is 3.18. The number of nitrogens with two attached hydrogens (primary N) is 1. The van der Waals surface area contributed by atoms with Crippen LogP contribution in [0.5, 0.6) is 0 Å². The molecule has 0 aromatic carbocycles. The second kappa shape index (κ2) is 5.16. The molecule has 0 saturated carbocycles. The van der Waals surface area contributed by atoms with Crippen LogP contribution in [0.4, 0.5) is 5.69 Å². The highest BCUT2D eigenvalue weighted by Crippen LogP contribution is 2.30. The minimum absolute atomic E-state index is 0.0127. The van der Waals surface area contributed by atoms with Crippen LogP contribution < -0.4 is 11.3 Å². The first-order valence-electron chi connectivity index (χ1n) is 5.87. The Morgan fingerprint density at radius 2 is 2.39 bits per heavy atom. The molecule has 3 N–H and O–H groups in total. The summed E-state index contributed by atoms with van der Waals surface area (Å²) in [4.78, 5) is 18.3. The van der Waals surface area contributed by atoms with E-state index in [0.29, 0.717) is 11.3 Å². The molecule has 1 aromatic heterocycles. The molecule has 1 aromatic rings. The van der Waals surface area contributed by atoms with E-state index in [1.807, 2.05) is 16.7 Å². The van der Waals surface area contributed by atoms with Crippen LogP contribution in [0.1, 0.15) is 24.2 Å². The molecule has 1 aliphatic rings. The lowest BCUT2D eigenvalue weighted by molar-refractivity contribution is 0.0749. The fourth-order valence-corrected chi connectivity index (χ4v) is 3.17. The molecule has 1 fully saturated rings. The lowest BCUT2D eigenvalue weighted by Gasteiger charge is -2.37. The van der Waals surface area contributed by atoms with Crippen LogP contribution in [-0.4, -0.2) is 39.4 Å². The van der Waals surface area contributed by atoms with Crippen molar-refractivity contribution in [2.24, 2.45) is 5.84 Å². The van der Waals surface area contributed by atoms with Gasteiger partial charge in [-0.15, -0.1) is 0 Å². The van der Waals surface area contributed by atoms with E-state index in [-0.39, 0.29) is 10.7 Å². The van der Waals surface area contributed by atoms with Crippen LogP contribution >= 0.6 is 11.8 Å². The number of amides is 1. The number of anilines is 1. The number of nitrogens with zero attached hydrogens (tertiary/aromatic N) is 2. The second-order valence-electron chi connectivity index (χ2n) is 4.90. The number of nitrogens with one attached hydrogen (secondary N) is 1. The number of carbonyl (C=O) groups is 1. The van der Waals surface area contributed by atoms with E-state index in [2.05, 4.69) is 24.3 Å². The minimum Gasteiger partial charge on any atom is -0.336 e. The Morgan fingerprint density at radius 1 is 1.61 bits per heavy atom. The Labute approximate surface area is 111 Å². The number of hydrazine groups is 1. The molecule has 5 nitrogen and oxygen atoms in total. The van der Waals surface area contributed by atoms with Crippen molar-refractivity contribution in [3.8, 4) is 0 Å². The van der Waals surface area contributed by atoms with Gasteiger partial charge in [0.1, 0.15) is 0 Å². The average molecular weight is 266 g/mol. The molecular formula is C12H18N4OS. The highest BCUT2D eigenvalue weighted by atomic mass is 32.2. The van der Waals surface area contributed by atoms with Crippen molar-refractivity contribution in [3.63, 3.8) is 0 Å². The summed E-state index contributed by atoms with van der Waals surface area (Å²) in [7, 11) is 0. The van der Waals surface area contributed by atoms with Gasteiger partial charge >= 0.3 is 0 Å². The van der Waals surface area contributed by atoms with Gasteiger partial charge in [-0.3, -0.25) is 15.6 Å². The van der Waals surface area contributed by atoms with Gasteiger partial charge in [-0.25, -0.2) is 0 Å². The Morgan fingerprint density at radius 3 is 3.06 bits per heavy atom. The molecule has 0 atom stereocenters. The van der Waals surface area contributed by atoms with Crippen molar-refractivity contribution in [2.45, 2.75) is 18.6 Å². The van der Waals surface area contributed by atoms with Gasteiger partial charge in [-0.05, 0) is 19.9 Å². The van der Waals surface area contributed by atoms with Crippen molar-refractivity contribution in [3.05, 3.63) is 24.0 Å². The summed E-state index contributed by atoms with van der Waals surface area (Å²) in [6.45, 7) is 5.85. The van der Waals surface area contributed by atoms with Gasteiger partial charge in [-0.2, -0.15) is 11.8 Å². The quantitative estimate of drug-likeness (QED) is 0.624. The van der Waals surface area contributed by atoms with E-state index in [9.17, 15) is 4.79 Å². The third-order valence-corrected chi connectivity index (χ3v) is 4.22. The summed E-state index contributed by atoms with van der Waals surface area (Å²) in [6, 6.07) is 1.70. The molecule has 1 aliphatic heterocycles. The highest BCUT2D eigenvalue weighted by Gasteiger charge is 2.30. The van der Waals surface area contributed by atoms with E-state index in [1.165, 1.54) is 0 Å². The predicted molar refractivity (Wildman–Crippen MR) is 74.5 cm³/mol. The Kier molecular flexibility index (Phi) is 3.77. The fourth-order valence-electron chi connectivity index (χ4n) is 2.06. The Balaban J connectivity index is 2.20. The zero-order chi connectivity index (χ0) is 13.2. The average Bonchev–Trinajstić information content (AvgIpc) is 2.36. The molecule has 0 bridgehead atoms. The number of hydrogen-bond donors (Lipinski definition) is 2. The molecule has 6 heteroatoms. The van der Waals surface area contributed by atoms with Gasteiger partial charge in [0.2, 0.25) is 0 Å². The number of rotatable bonds is 2. The van der Waals surface area contributed by atoms with Crippen LogP contribution in [0.2, 0.25) is 0 Å². The lowest BCUT2D eigenvalue weighted by atomic mass is 10.1. The summed E-state index contributed by atoms with van der Waals surface area (Å²) in [5.74, 6) is 6.39. The zero-order valence-electron chi connectivity index (χ0n) is 10.6. The largest absolute Gasteiger partial charge is 0.336 e. The molecule has 0 aliphatic carbocycles. The SMILES string of the molecule is CC1(C)CN(C(=O)c2ccncc2NN)CCS1. The first kappa shape index (κ1) is 13.2. The number of thioether (sulfide) groups is 1. The second-order valence-corrected chi connectivity index (χ2v) is 6.70. The topological polar surface area (TPSA) is 71.2 Å². The maximum atomic E-state index is 12.5. The number of carbonyl (C=O) groups excluding carboxylic acids is 1. The van der Waals surface area contributed by atoms with Crippen molar-refractivity contribution < 1.29 is 4.79 Å². The number of hydrogen-bond acceptors (Lipinski definition) is 5. The maximum absolute atomic E-state index is 12.5. The van der Waals surface area contributed by atoms with E-state index < -0.39 is 0 Å². The Hall–Kier alpha value is -1.27. The molecule has 0 radical (unpaired) electrons. The van der Waals surface area contributed by atoms with E-state index >= 15 is 0 Å². The van der Waals surface area contributed by atoms with Crippen molar-refractivity contribution in [1.29, 1.82) is 0 Å². The molecule has 2 heterocycles. The van der Waals surface area contributed by atoms with Crippen LogP contribution in [0, 0.1) is 0 Å². The van der Waals surface area contributed by atoms with Crippen LogP contribution in [0.15, 0.2) is 18.5 Å². The van der Waals surface area contributed by atoms with Crippen molar-refractivity contribution in [1.82, 2.24) is 9.88 Å². The molecule has 98 valence electrons. The van der Waals surface area contributed by atoms with Gasteiger partial charge < -0.3 is 10.3 Å². The number of pyridine rings is 1. The third-order valence-electron chi connectivity index (χ3n) is 2.92. The fraction of sp³-hybridized carbons (Fsp3) is 0.500. The van der Waals surface area contributed by atoms with Crippen molar-refractivity contribution >= 4 is 23.4 Å². The third kappa shape index (κ3) is 2.76. The van der Waals surface area contributed by atoms with Gasteiger partial charge in [0.15, 0.2) is 0 Å². The Bertz CT molecular complexity index is 449. The van der Waals surface area contributed by atoms with Crippen molar-refractivity contribution in [2.75, 3.05) is 24.3 Å². The van der Waals surface area contributed by atoms with Gasteiger partial charge in [0, 0.05) is 29.8 Å². The monoisotopic (exact) mass is 266 g/mol. The molecule has 1 saturated heterocycles. The minimum atomic E-state index is 0.0127. The van der Waals surface area contributed by atoms with Gasteiger partial charge in [0.25, 0.3) is 5.91 Å². The maximum Gasteiger partial charge on any atom is 0.256 e. The first-order valence-corrected chi connectivity index (χ1v) is 6.86. The van der Waals surface area contributed by atoms with Gasteiger partial charge in [-0.1, -0.05) is 0 Å². The summed E-state index contributed by atoms with van der Waals surface area (Å²) in [5, 5.41) is 0. The van der Waals surface area contributed by atoms with Crippen LogP contribution in [0.25, 0.3) is 0 Å². The number of nitrogen functional groups attached to an aromatic ring is 1. The molecular weight excluding hydrogens is 248 g/mol. The molecule has 18 heavy (non-hydrogen) atoms. The number of aromatic nitrogens is 1. The lowest BCUT2D eigenvalue weighted by Crippen LogP contribution is -2.46. The van der Waals surface area contributed by atoms with Crippen LogP contribution in [-0.2, 0) is 0 Å². The first-order chi connectivity index (χ1) is 8.53. The normalized spacial score (nSPS) is 18.5. The molecule has 0 unspecified atom stereocenters. The van der Waals surface area contributed by atoms with Gasteiger partial charge in [0.05, 0.1) is 17.4 Å². The molecule has 0 spiro atoms. The highest BCUT2D eigenvalue weighted by molar-refractivity contribution is 8.00. The van der Waals surface area contributed by atoms with Crippen LogP contribution in [0.3, 0.4) is 0 Å². The van der Waals surface area contributed by atoms with E-state index in [0.717, 1.165) is 18.8 Å². The summed E-state index contributed by atoms with van der Waals surface area (Å²) in [5.41, 5.74) is 3.67. The smallest absolute Gasteiger partial charge is 0.256 e. The standard InChI is InChI=1S/C12H18N4OS/c1-12(2)8-16(5-6-18-12)11(17)9-3-4-14-7-10(9)15-13/h3-4,7,15H,5-6,8,13H2,1-2H3. The molecule has 1 amide bonds. The van der Waals surface area contributed by atoms with E-state index in [4.69, 9.17) is 5.84 Å². The predicted octanol–water partition coefficient (Wildman–Crippen LogP) is 1.33. The van der Waals surface area contributed by atoms with E-state index in [1.54, 1.807) is 18.5 Å². The zero-order valence-corrected chi connectivity index (χ0v) is 11.5. The summed E-state index contributed by atoms with van der Waals surface area (Å²) >= 11 is 1.90.